The van der Waals surface area contributed by atoms with E-state index < -0.39 is 0 Å². The molecule has 4 N–H and O–H groups in total. The number of piperidine rings is 1. The van der Waals surface area contributed by atoms with E-state index in [0.29, 0.717) is 10.7 Å². The highest BCUT2D eigenvalue weighted by Gasteiger charge is 2.52. The second-order valence-electron chi connectivity index (χ2n) is 11.0. The zero-order chi connectivity index (χ0) is 27.8. The first kappa shape index (κ1) is 26.7. The van der Waals surface area contributed by atoms with E-state index in [0.717, 1.165) is 61.3 Å². The summed E-state index contributed by atoms with van der Waals surface area (Å²) in [6.45, 7) is 4.28. The van der Waals surface area contributed by atoms with Crippen molar-refractivity contribution in [2.75, 3.05) is 11.4 Å². The second-order valence-corrected chi connectivity index (χ2v) is 12.2. The minimum atomic E-state index is -0.215. The average molecular weight is 562 g/mol. The first-order chi connectivity index (χ1) is 19.4. The summed E-state index contributed by atoms with van der Waals surface area (Å²) in [6, 6.07) is 15.2. The molecule has 40 heavy (non-hydrogen) atoms. The molecule has 5 atom stereocenters. The third-order valence-electron chi connectivity index (χ3n) is 8.17. The Morgan fingerprint density at radius 1 is 1.02 bits per heavy atom. The number of thioether (sulfide) groups is 1. The van der Waals surface area contributed by atoms with Gasteiger partial charge in [-0.05, 0) is 81.5 Å². The molecule has 0 aromatic heterocycles. The number of aryl methyl sites for hydroxylation is 1. The number of amides is 4. The van der Waals surface area contributed by atoms with E-state index in [4.69, 9.17) is 4.74 Å². The number of nitrogens with one attached hydrogen (secondary N) is 4. The number of urea groups is 1. The van der Waals surface area contributed by atoms with Crippen LogP contribution in [0.15, 0.2) is 59.1 Å². The number of benzene rings is 2. The van der Waals surface area contributed by atoms with Crippen LogP contribution in [0.2, 0.25) is 0 Å². The van der Waals surface area contributed by atoms with E-state index in [1.54, 1.807) is 0 Å². The fourth-order valence-electron chi connectivity index (χ4n) is 6.48. The maximum atomic E-state index is 13.6. The number of ether oxygens (including phenoxy) is 1. The first-order valence-corrected chi connectivity index (χ1v) is 14.9. The van der Waals surface area contributed by atoms with E-state index in [2.05, 4.69) is 21.3 Å². The minimum absolute atomic E-state index is 0.00626. The molecule has 2 aromatic rings. The smallest absolute Gasteiger partial charge is 0.326 e. The van der Waals surface area contributed by atoms with Gasteiger partial charge in [-0.25, -0.2) is 4.79 Å². The molecule has 1 saturated carbocycles. The number of carbonyl (C=O) groups excluding carboxylic acids is 3. The lowest BCUT2D eigenvalue weighted by molar-refractivity contribution is -0.119. The zero-order valence-corrected chi connectivity index (χ0v) is 23.6. The second kappa shape index (κ2) is 11.2. The summed E-state index contributed by atoms with van der Waals surface area (Å²) in [6.07, 6.45) is 4.26. The van der Waals surface area contributed by atoms with Crippen molar-refractivity contribution in [1.82, 2.24) is 21.3 Å². The van der Waals surface area contributed by atoms with Crippen molar-refractivity contribution in [1.29, 1.82) is 0 Å². The molecule has 0 bridgehead atoms. The fourth-order valence-corrected chi connectivity index (χ4v) is 7.88. The van der Waals surface area contributed by atoms with Crippen LogP contribution < -0.4 is 30.9 Å². The maximum absolute atomic E-state index is 13.6. The van der Waals surface area contributed by atoms with Crippen LogP contribution in [-0.2, 0) is 9.59 Å². The van der Waals surface area contributed by atoms with Gasteiger partial charge in [0.15, 0.2) is 0 Å². The number of para-hydroxylation sites is 1. The fraction of sp³-hybridized carbons (Fsp3) is 0.433. The van der Waals surface area contributed by atoms with Crippen LogP contribution in [0.1, 0.15) is 44.6 Å². The number of rotatable bonds is 6. The van der Waals surface area contributed by atoms with E-state index >= 15 is 0 Å². The van der Waals surface area contributed by atoms with Crippen molar-refractivity contribution in [2.45, 2.75) is 69.5 Å². The summed E-state index contributed by atoms with van der Waals surface area (Å²) < 4.78 is 6.00. The maximum Gasteiger partial charge on any atom is 0.326 e. The minimum Gasteiger partial charge on any atom is -0.457 e. The van der Waals surface area contributed by atoms with E-state index in [1.807, 2.05) is 60.4 Å². The van der Waals surface area contributed by atoms with Gasteiger partial charge in [0.25, 0.3) is 5.91 Å². The Morgan fingerprint density at radius 3 is 2.55 bits per heavy atom. The number of nitrogens with zero attached hydrogens (tertiary/aromatic N) is 1. The van der Waals surface area contributed by atoms with Crippen molar-refractivity contribution in [3.63, 3.8) is 0 Å². The predicted octanol–water partition coefficient (Wildman–Crippen LogP) is 4.14. The molecule has 3 heterocycles. The predicted molar refractivity (Wildman–Crippen MR) is 155 cm³/mol. The summed E-state index contributed by atoms with van der Waals surface area (Å²) in [4.78, 5) is 41.1. The molecule has 1 aliphatic carbocycles. The van der Waals surface area contributed by atoms with Crippen molar-refractivity contribution in [2.24, 2.45) is 5.92 Å². The monoisotopic (exact) mass is 561 g/mol. The molecule has 3 unspecified atom stereocenters. The molecule has 2 aromatic carbocycles. The van der Waals surface area contributed by atoms with Crippen molar-refractivity contribution in [3.8, 4) is 11.5 Å². The molecule has 3 aliphatic heterocycles. The van der Waals surface area contributed by atoms with Gasteiger partial charge in [-0.1, -0.05) is 30.0 Å². The molecule has 3 fully saturated rings. The molecule has 10 heteroatoms. The Balaban J connectivity index is 1.21. The number of carbonyl (C=O) groups is 3. The molecule has 2 saturated heterocycles. The highest BCUT2D eigenvalue weighted by Crippen LogP contribution is 2.48. The lowest BCUT2D eigenvalue weighted by Crippen LogP contribution is -2.62. The van der Waals surface area contributed by atoms with Gasteiger partial charge in [0.2, 0.25) is 5.91 Å². The highest BCUT2D eigenvalue weighted by molar-refractivity contribution is 8.04. The number of hydrogen-bond donors (Lipinski definition) is 4. The van der Waals surface area contributed by atoms with Gasteiger partial charge < -0.3 is 26.0 Å². The summed E-state index contributed by atoms with van der Waals surface area (Å²) in [5.41, 5.74) is 2.51. The summed E-state index contributed by atoms with van der Waals surface area (Å²) in [5.74, 6) is 1.27. The van der Waals surface area contributed by atoms with Gasteiger partial charge >= 0.3 is 6.03 Å². The van der Waals surface area contributed by atoms with Crippen LogP contribution in [0.4, 0.5) is 10.5 Å². The third kappa shape index (κ3) is 5.30. The summed E-state index contributed by atoms with van der Waals surface area (Å²) >= 11 is 1.51. The van der Waals surface area contributed by atoms with Crippen LogP contribution in [-0.4, -0.2) is 47.9 Å². The molecule has 0 radical (unpaired) electrons. The highest BCUT2D eigenvalue weighted by atomic mass is 32.2. The lowest BCUT2D eigenvalue weighted by atomic mass is 9.86. The van der Waals surface area contributed by atoms with Gasteiger partial charge in [-0.3, -0.25) is 14.5 Å². The van der Waals surface area contributed by atoms with E-state index in [-0.39, 0.29) is 47.3 Å². The van der Waals surface area contributed by atoms with Gasteiger partial charge in [0.05, 0.1) is 16.3 Å². The zero-order valence-electron chi connectivity index (χ0n) is 22.7. The Kier molecular flexibility index (Phi) is 7.46. The first-order valence-electron chi connectivity index (χ1n) is 14.0. The third-order valence-corrected chi connectivity index (χ3v) is 9.53. The normalized spacial score (nSPS) is 27.5. The average Bonchev–Trinajstić information content (AvgIpc) is 3.29. The van der Waals surface area contributed by atoms with E-state index in [1.165, 1.54) is 18.7 Å². The van der Waals surface area contributed by atoms with Crippen LogP contribution >= 0.6 is 11.8 Å². The van der Waals surface area contributed by atoms with Gasteiger partial charge in [0.1, 0.15) is 11.5 Å². The standard InChI is InChI=1S/C30H35N5O4S/c1-17-15-22(39-21-9-4-3-5-10-21)11-12-23(17)35-24-13-14-31-29-25(24)26(34-30(35)38)27(40-29)28(37)33-20-8-6-7-19(16-20)32-18(2)36/h3-5,9-12,15,19-20,24-25,29,31H,6-8,13-14,16H2,1-2H3,(H,32,36)(H,33,37)(H,34,38)/t19-,20-,24?,25?,29?/m1/s1. The molecule has 6 rings (SSSR count). The number of anilines is 1. The van der Waals surface area contributed by atoms with Gasteiger partial charge in [-0.2, -0.15) is 0 Å². The Morgan fingerprint density at radius 2 is 1.80 bits per heavy atom. The summed E-state index contributed by atoms with van der Waals surface area (Å²) in [7, 11) is 0. The molecule has 210 valence electrons. The van der Waals surface area contributed by atoms with Gasteiger partial charge in [0, 0.05) is 36.3 Å². The molecule has 0 spiro atoms. The van der Waals surface area contributed by atoms with E-state index in [9.17, 15) is 14.4 Å². The Hall–Kier alpha value is -3.50. The summed E-state index contributed by atoms with van der Waals surface area (Å²) in [5, 5.41) is 12.9. The van der Waals surface area contributed by atoms with Crippen molar-refractivity contribution >= 4 is 35.3 Å². The topological polar surface area (TPSA) is 112 Å². The molecule has 4 amide bonds. The van der Waals surface area contributed by atoms with Crippen LogP contribution in [0.3, 0.4) is 0 Å². The lowest BCUT2D eigenvalue weighted by Gasteiger charge is -2.46. The molecular formula is C30H35N5O4S. The van der Waals surface area contributed by atoms with Crippen molar-refractivity contribution in [3.05, 3.63) is 64.7 Å². The van der Waals surface area contributed by atoms with Crippen LogP contribution in [0.5, 0.6) is 11.5 Å². The SMILES string of the molecule is CC(=O)N[C@@H]1CCC[C@@H](NC(=O)C2=C3NC(=O)N(c4ccc(Oc5ccccc5)cc4C)C4CCNC(S2)C34)C1. The Labute approximate surface area is 238 Å². The van der Waals surface area contributed by atoms with Crippen molar-refractivity contribution < 1.29 is 19.1 Å². The molecule has 4 aliphatic rings. The largest absolute Gasteiger partial charge is 0.457 e. The van der Waals surface area contributed by atoms with Crippen LogP contribution in [0, 0.1) is 12.8 Å². The number of hydrogen-bond acceptors (Lipinski definition) is 6. The molecular weight excluding hydrogens is 526 g/mol. The van der Waals surface area contributed by atoms with Crippen LogP contribution in [0.25, 0.3) is 0 Å². The Bertz CT molecular complexity index is 1350. The molecule has 9 nitrogen and oxygen atoms in total. The quantitative estimate of drug-likeness (QED) is 0.422. The van der Waals surface area contributed by atoms with Gasteiger partial charge in [-0.15, -0.1) is 0 Å².